The molecule has 104 valence electrons. The summed E-state index contributed by atoms with van der Waals surface area (Å²) in [5.74, 6) is 0.946. The summed E-state index contributed by atoms with van der Waals surface area (Å²) in [6, 6.07) is 6.24. The SMILES string of the molecule is Cc1cscc1Cn1c(C(C)Cl)nc2cccc(C)c21. The molecule has 3 aromatic rings. The van der Waals surface area contributed by atoms with Crippen LogP contribution in [0, 0.1) is 13.8 Å². The zero-order valence-electron chi connectivity index (χ0n) is 11.9. The minimum Gasteiger partial charge on any atom is -0.322 e. The molecule has 3 rings (SSSR count). The van der Waals surface area contributed by atoms with Crippen molar-refractivity contribution in [2.75, 3.05) is 0 Å². The summed E-state index contributed by atoms with van der Waals surface area (Å²) in [4.78, 5) is 4.72. The van der Waals surface area contributed by atoms with E-state index in [1.54, 1.807) is 11.3 Å². The molecule has 0 aliphatic carbocycles. The molecule has 20 heavy (non-hydrogen) atoms. The number of thiophene rings is 1. The number of alkyl halides is 1. The van der Waals surface area contributed by atoms with Crippen LogP contribution in [0.3, 0.4) is 0 Å². The van der Waals surface area contributed by atoms with Gasteiger partial charge in [0.05, 0.1) is 23.0 Å². The Bertz CT molecular complexity index is 755. The van der Waals surface area contributed by atoms with Crippen molar-refractivity contribution in [3.8, 4) is 0 Å². The van der Waals surface area contributed by atoms with Gasteiger partial charge in [0.1, 0.15) is 5.82 Å². The first-order valence-electron chi connectivity index (χ1n) is 6.69. The fourth-order valence-corrected chi connectivity index (χ4v) is 3.58. The molecular weight excluding hydrogens is 288 g/mol. The van der Waals surface area contributed by atoms with Gasteiger partial charge in [-0.1, -0.05) is 12.1 Å². The average Bonchev–Trinajstić information content (AvgIpc) is 2.96. The molecule has 0 spiro atoms. The van der Waals surface area contributed by atoms with E-state index in [2.05, 4.69) is 41.3 Å². The predicted octanol–water partition coefficient (Wildman–Crippen LogP) is 5.06. The van der Waals surface area contributed by atoms with Crippen LogP contribution in [0.15, 0.2) is 29.0 Å². The number of benzene rings is 1. The van der Waals surface area contributed by atoms with Crippen molar-refractivity contribution in [2.45, 2.75) is 32.7 Å². The van der Waals surface area contributed by atoms with Crippen LogP contribution in [0.2, 0.25) is 0 Å². The quantitative estimate of drug-likeness (QED) is 0.618. The smallest absolute Gasteiger partial charge is 0.128 e. The summed E-state index contributed by atoms with van der Waals surface area (Å²) in [7, 11) is 0. The average molecular weight is 305 g/mol. The van der Waals surface area contributed by atoms with Gasteiger partial charge in [-0.25, -0.2) is 4.98 Å². The molecule has 1 atom stereocenters. The normalized spacial score (nSPS) is 13.0. The van der Waals surface area contributed by atoms with Gasteiger partial charge in [0.2, 0.25) is 0 Å². The third kappa shape index (κ3) is 2.25. The molecule has 0 radical (unpaired) electrons. The van der Waals surface area contributed by atoms with Crippen LogP contribution in [0.5, 0.6) is 0 Å². The maximum absolute atomic E-state index is 6.33. The molecule has 0 aliphatic rings. The second kappa shape index (κ2) is 5.23. The Kier molecular flexibility index (Phi) is 3.57. The van der Waals surface area contributed by atoms with Crippen LogP contribution in [0.4, 0.5) is 0 Å². The van der Waals surface area contributed by atoms with E-state index in [-0.39, 0.29) is 5.38 Å². The predicted molar refractivity (Wildman–Crippen MR) is 86.9 cm³/mol. The van der Waals surface area contributed by atoms with Gasteiger partial charge in [-0.15, -0.1) is 11.6 Å². The Morgan fingerprint density at radius 2 is 2.05 bits per heavy atom. The lowest BCUT2D eigenvalue weighted by Gasteiger charge is -2.11. The van der Waals surface area contributed by atoms with Crippen LogP contribution in [-0.4, -0.2) is 9.55 Å². The minimum atomic E-state index is -0.0965. The van der Waals surface area contributed by atoms with Crippen molar-refractivity contribution in [2.24, 2.45) is 0 Å². The number of imidazole rings is 1. The summed E-state index contributed by atoms with van der Waals surface area (Å²) in [5, 5.41) is 4.30. The van der Waals surface area contributed by atoms with Crippen molar-refractivity contribution in [1.82, 2.24) is 9.55 Å². The van der Waals surface area contributed by atoms with Crippen LogP contribution >= 0.6 is 22.9 Å². The molecule has 2 nitrogen and oxygen atoms in total. The number of nitrogens with zero attached hydrogens (tertiary/aromatic N) is 2. The van der Waals surface area contributed by atoms with Crippen molar-refractivity contribution in [3.63, 3.8) is 0 Å². The lowest BCUT2D eigenvalue weighted by molar-refractivity contribution is 0.740. The van der Waals surface area contributed by atoms with E-state index in [9.17, 15) is 0 Å². The first-order chi connectivity index (χ1) is 9.58. The first kappa shape index (κ1) is 13.7. The molecule has 0 fully saturated rings. The van der Waals surface area contributed by atoms with Crippen LogP contribution in [-0.2, 0) is 6.54 Å². The van der Waals surface area contributed by atoms with E-state index < -0.39 is 0 Å². The molecule has 2 aromatic heterocycles. The largest absolute Gasteiger partial charge is 0.322 e. The molecular formula is C16H17ClN2S. The Balaban J connectivity index is 2.21. The van der Waals surface area contributed by atoms with Gasteiger partial charge in [0.15, 0.2) is 0 Å². The molecule has 1 unspecified atom stereocenters. The summed E-state index contributed by atoms with van der Waals surface area (Å²) in [5.41, 5.74) is 6.14. The van der Waals surface area contributed by atoms with E-state index in [1.807, 2.05) is 13.0 Å². The Morgan fingerprint density at radius 1 is 1.25 bits per heavy atom. The van der Waals surface area contributed by atoms with Gasteiger partial charge < -0.3 is 4.57 Å². The number of aromatic nitrogens is 2. The van der Waals surface area contributed by atoms with Gasteiger partial charge in [0, 0.05) is 0 Å². The van der Waals surface area contributed by atoms with E-state index in [0.717, 1.165) is 17.9 Å². The lowest BCUT2D eigenvalue weighted by Crippen LogP contribution is -2.06. The molecule has 0 N–H and O–H groups in total. The Labute approximate surface area is 128 Å². The van der Waals surface area contributed by atoms with Gasteiger partial charge >= 0.3 is 0 Å². The van der Waals surface area contributed by atoms with Crippen molar-refractivity contribution in [3.05, 3.63) is 51.5 Å². The van der Waals surface area contributed by atoms with E-state index in [4.69, 9.17) is 16.6 Å². The molecule has 0 saturated heterocycles. The van der Waals surface area contributed by atoms with Crippen molar-refractivity contribution in [1.29, 1.82) is 0 Å². The van der Waals surface area contributed by atoms with Gasteiger partial charge in [-0.05, 0) is 54.3 Å². The summed E-state index contributed by atoms with van der Waals surface area (Å²) in [6.45, 7) is 7.10. The number of hydrogen-bond acceptors (Lipinski definition) is 2. The minimum absolute atomic E-state index is 0.0965. The molecule has 0 bridgehead atoms. The number of rotatable bonds is 3. The highest BCUT2D eigenvalue weighted by atomic mass is 35.5. The van der Waals surface area contributed by atoms with Gasteiger partial charge in [0.25, 0.3) is 0 Å². The molecule has 0 saturated carbocycles. The fourth-order valence-electron chi connectivity index (χ4n) is 2.57. The zero-order chi connectivity index (χ0) is 14.3. The number of fused-ring (bicyclic) bond motifs is 1. The number of halogens is 1. The Hall–Kier alpha value is -1.32. The van der Waals surface area contributed by atoms with Gasteiger partial charge in [-0.3, -0.25) is 0 Å². The third-order valence-electron chi connectivity index (χ3n) is 3.64. The fraction of sp³-hybridized carbons (Fsp3) is 0.312. The van der Waals surface area contributed by atoms with Crippen LogP contribution in [0.25, 0.3) is 11.0 Å². The maximum Gasteiger partial charge on any atom is 0.128 e. The third-order valence-corrected chi connectivity index (χ3v) is 4.75. The summed E-state index contributed by atoms with van der Waals surface area (Å²) in [6.07, 6.45) is 0. The van der Waals surface area contributed by atoms with Crippen molar-refractivity contribution >= 4 is 34.0 Å². The topological polar surface area (TPSA) is 17.8 Å². The van der Waals surface area contributed by atoms with E-state index >= 15 is 0 Å². The van der Waals surface area contributed by atoms with Gasteiger partial charge in [-0.2, -0.15) is 11.3 Å². The monoisotopic (exact) mass is 304 g/mol. The molecule has 0 amide bonds. The second-order valence-corrected chi connectivity index (χ2v) is 6.59. The van der Waals surface area contributed by atoms with E-state index in [1.165, 1.54) is 22.2 Å². The maximum atomic E-state index is 6.33. The highest BCUT2D eigenvalue weighted by Gasteiger charge is 2.17. The summed E-state index contributed by atoms with van der Waals surface area (Å²) >= 11 is 8.08. The zero-order valence-corrected chi connectivity index (χ0v) is 13.4. The Morgan fingerprint density at radius 3 is 2.70 bits per heavy atom. The second-order valence-electron chi connectivity index (χ2n) is 5.19. The highest BCUT2D eigenvalue weighted by Crippen LogP contribution is 2.28. The number of hydrogen-bond donors (Lipinski definition) is 0. The lowest BCUT2D eigenvalue weighted by atomic mass is 10.2. The summed E-state index contributed by atoms with van der Waals surface area (Å²) < 4.78 is 2.26. The highest BCUT2D eigenvalue weighted by molar-refractivity contribution is 7.08. The molecule has 1 aromatic carbocycles. The molecule has 4 heteroatoms. The van der Waals surface area contributed by atoms with E-state index in [0.29, 0.717) is 0 Å². The standard InChI is InChI=1S/C16H17ClN2S/c1-10-5-4-6-14-15(10)19(16(18-14)12(3)17)7-13-9-20-8-11(13)2/h4-6,8-9,12H,7H2,1-3H3. The number of para-hydroxylation sites is 1. The van der Waals surface area contributed by atoms with Crippen LogP contribution in [0.1, 0.15) is 34.8 Å². The molecule has 0 aliphatic heterocycles. The molecule has 2 heterocycles. The van der Waals surface area contributed by atoms with Crippen molar-refractivity contribution < 1.29 is 0 Å². The number of aryl methyl sites for hydroxylation is 2. The first-order valence-corrected chi connectivity index (χ1v) is 8.07. The van der Waals surface area contributed by atoms with Crippen LogP contribution < -0.4 is 0 Å².